The number of aromatic nitrogens is 2. The molecule has 2 rings (SSSR count). The highest BCUT2D eigenvalue weighted by Crippen LogP contribution is 2.22. The molecule has 2 N–H and O–H groups in total. The molecule has 13 heavy (non-hydrogen) atoms. The number of hydrogen-bond donors (Lipinski definition) is 2. The molecular formula is C8H13N3OS. The zero-order valence-electron chi connectivity index (χ0n) is 7.31. The van der Waals surface area contributed by atoms with Gasteiger partial charge in [-0.25, -0.2) is 4.98 Å². The number of aliphatic hydroxyl groups excluding tert-OH is 1. The molecule has 2 atom stereocenters. The number of rotatable bonds is 2. The van der Waals surface area contributed by atoms with Crippen molar-refractivity contribution in [3.05, 3.63) is 6.33 Å². The van der Waals surface area contributed by atoms with Crippen molar-refractivity contribution < 1.29 is 5.11 Å². The molecular weight excluding hydrogens is 186 g/mol. The molecule has 1 heterocycles. The SMILES string of the molecule is O[C@@H]1CCCC[C@@H]1Nc1ncns1. The quantitative estimate of drug-likeness (QED) is 0.752. The van der Waals surface area contributed by atoms with E-state index in [1.54, 1.807) is 0 Å². The smallest absolute Gasteiger partial charge is 0.202 e. The molecule has 0 radical (unpaired) electrons. The van der Waals surface area contributed by atoms with Crippen LogP contribution in [0.3, 0.4) is 0 Å². The summed E-state index contributed by atoms with van der Waals surface area (Å²) >= 11 is 1.34. The van der Waals surface area contributed by atoms with Gasteiger partial charge in [0.25, 0.3) is 0 Å². The van der Waals surface area contributed by atoms with E-state index >= 15 is 0 Å². The second-order valence-electron chi connectivity index (χ2n) is 3.35. The van der Waals surface area contributed by atoms with Crippen LogP contribution < -0.4 is 5.32 Å². The first-order chi connectivity index (χ1) is 6.36. The summed E-state index contributed by atoms with van der Waals surface area (Å²) in [5.74, 6) is 0. The zero-order valence-corrected chi connectivity index (χ0v) is 8.13. The van der Waals surface area contributed by atoms with Crippen molar-refractivity contribution in [1.82, 2.24) is 9.36 Å². The van der Waals surface area contributed by atoms with Gasteiger partial charge >= 0.3 is 0 Å². The van der Waals surface area contributed by atoms with Crippen molar-refractivity contribution in [2.45, 2.75) is 37.8 Å². The van der Waals surface area contributed by atoms with E-state index in [-0.39, 0.29) is 12.1 Å². The Balaban J connectivity index is 1.93. The maximum absolute atomic E-state index is 9.66. The third-order valence-electron chi connectivity index (χ3n) is 2.40. The molecule has 0 spiro atoms. The van der Waals surface area contributed by atoms with E-state index in [1.807, 2.05) is 0 Å². The number of nitrogens with zero attached hydrogens (tertiary/aromatic N) is 2. The molecule has 1 aromatic rings. The molecule has 0 aromatic carbocycles. The number of aliphatic hydroxyl groups is 1. The predicted octanol–water partition coefficient (Wildman–Crippen LogP) is 1.25. The van der Waals surface area contributed by atoms with Crippen LogP contribution in [-0.4, -0.2) is 26.6 Å². The molecule has 1 saturated carbocycles. The lowest BCUT2D eigenvalue weighted by Crippen LogP contribution is -2.36. The van der Waals surface area contributed by atoms with Crippen LogP contribution in [0.2, 0.25) is 0 Å². The van der Waals surface area contributed by atoms with Crippen molar-refractivity contribution in [3.63, 3.8) is 0 Å². The van der Waals surface area contributed by atoms with E-state index in [4.69, 9.17) is 0 Å². The van der Waals surface area contributed by atoms with Gasteiger partial charge in [-0.15, -0.1) is 0 Å². The summed E-state index contributed by atoms with van der Waals surface area (Å²) in [4.78, 5) is 4.03. The second kappa shape index (κ2) is 4.02. The summed E-state index contributed by atoms with van der Waals surface area (Å²) in [5.41, 5.74) is 0. The first-order valence-corrected chi connectivity index (χ1v) is 5.35. The summed E-state index contributed by atoms with van der Waals surface area (Å²) in [7, 11) is 0. The van der Waals surface area contributed by atoms with E-state index in [9.17, 15) is 5.11 Å². The number of hydrogen-bond acceptors (Lipinski definition) is 5. The lowest BCUT2D eigenvalue weighted by molar-refractivity contribution is 0.116. The average molecular weight is 199 g/mol. The third kappa shape index (κ3) is 2.16. The molecule has 72 valence electrons. The van der Waals surface area contributed by atoms with E-state index in [1.165, 1.54) is 24.3 Å². The molecule has 1 aliphatic rings. The monoisotopic (exact) mass is 199 g/mol. The predicted molar refractivity (Wildman–Crippen MR) is 51.8 cm³/mol. The molecule has 4 nitrogen and oxygen atoms in total. The van der Waals surface area contributed by atoms with Crippen LogP contribution in [0, 0.1) is 0 Å². The van der Waals surface area contributed by atoms with Gasteiger partial charge in [-0.1, -0.05) is 12.8 Å². The van der Waals surface area contributed by atoms with Crippen LogP contribution >= 0.6 is 11.5 Å². The number of nitrogens with one attached hydrogen (secondary N) is 1. The molecule has 0 bridgehead atoms. The molecule has 0 amide bonds. The summed E-state index contributed by atoms with van der Waals surface area (Å²) in [6, 6.07) is 0.168. The Hall–Kier alpha value is -0.680. The van der Waals surface area contributed by atoms with E-state index in [2.05, 4.69) is 14.7 Å². The standard InChI is InChI=1S/C8H13N3OS/c12-7-4-2-1-3-6(7)11-8-9-5-10-13-8/h5-7,12H,1-4H2,(H,9,10,11)/t6-,7+/m0/s1. The highest BCUT2D eigenvalue weighted by atomic mass is 32.1. The Bertz CT molecular complexity index is 252. The Morgan fingerprint density at radius 2 is 2.31 bits per heavy atom. The fraction of sp³-hybridized carbons (Fsp3) is 0.750. The largest absolute Gasteiger partial charge is 0.391 e. The maximum atomic E-state index is 9.66. The topological polar surface area (TPSA) is 58.0 Å². The fourth-order valence-corrected chi connectivity index (χ4v) is 2.17. The Morgan fingerprint density at radius 1 is 1.46 bits per heavy atom. The van der Waals surface area contributed by atoms with Crippen LogP contribution in [0.5, 0.6) is 0 Å². The van der Waals surface area contributed by atoms with Crippen LogP contribution in [0.15, 0.2) is 6.33 Å². The normalized spacial score (nSPS) is 28.7. The van der Waals surface area contributed by atoms with Gasteiger partial charge in [0.15, 0.2) is 0 Å². The van der Waals surface area contributed by atoms with E-state index in [0.717, 1.165) is 24.4 Å². The minimum atomic E-state index is -0.224. The minimum Gasteiger partial charge on any atom is -0.391 e. The van der Waals surface area contributed by atoms with Crippen LogP contribution in [0.25, 0.3) is 0 Å². The van der Waals surface area contributed by atoms with E-state index < -0.39 is 0 Å². The van der Waals surface area contributed by atoms with E-state index in [0.29, 0.717) is 0 Å². The molecule has 1 fully saturated rings. The van der Waals surface area contributed by atoms with Crippen molar-refractivity contribution >= 4 is 16.7 Å². The first kappa shape index (κ1) is 8.90. The van der Waals surface area contributed by atoms with Gasteiger partial charge in [0.05, 0.1) is 12.1 Å². The zero-order chi connectivity index (χ0) is 9.10. The lowest BCUT2D eigenvalue weighted by Gasteiger charge is -2.27. The summed E-state index contributed by atoms with van der Waals surface area (Å²) in [6.45, 7) is 0. The van der Waals surface area contributed by atoms with Gasteiger partial charge in [-0.2, -0.15) is 4.37 Å². The third-order valence-corrected chi connectivity index (χ3v) is 3.00. The van der Waals surface area contributed by atoms with Gasteiger partial charge < -0.3 is 10.4 Å². The minimum absolute atomic E-state index is 0.168. The van der Waals surface area contributed by atoms with Gasteiger partial charge in [0.1, 0.15) is 6.33 Å². The molecule has 0 aliphatic heterocycles. The molecule has 0 saturated heterocycles. The van der Waals surface area contributed by atoms with Gasteiger partial charge in [0, 0.05) is 11.5 Å². The van der Waals surface area contributed by atoms with Crippen LogP contribution in [-0.2, 0) is 0 Å². The summed E-state index contributed by atoms with van der Waals surface area (Å²) in [5, 5.41) is 13.7. The Kier molecular flexibility index (Phi) is 2.75. The Morgan fingerprint density at radius 3 is 3.00 bits per heavy atom. The first-order valence-electron chi connectivity index (χ1n) is 4.57. The van der Waals surface area contributed by atoms with Crippen molar-refractivity contribution in [1.29, 1.82) is 0 Å². The Labute approximate surface area is 81.2 Å². The van der Waals surface area contributed by atoms with Crippen LogP contribution in [0.1, 0.15) is 25.7 Å². The van der Waals surface area contributed by atoms with Gasteiger partial charge in [-0.05, 0) is 12.8 Å². The van der Waals surface area contributed by atoms with Crippen LogP contribution in [0.4, 0.5) is 5.13 Å². The highest BCUT2D eigenvalue weighted by molar-refractivity contribution is 7.09. The van der Waals surface area contributed by atoms with Crippen molar-refractivity contribution in [2.24, 2.45) is 0 Å². The fourth-order valence-electron chi connectivity index (χ4n) is 1.67. The maximum Gasteiger partial charge on any atom is 0.202 e. The molecule has 1 aromatic heterocycles. The van der Waals surface area contributed by atoms with Gasteiger partial charge in [-0.3, -0.25) is 0 Å². The van der Waals surface area contributed by atoms with Crippen molar-refractivity contribution in [2.75, 3.05) is 5.32 Å². The molecule has 0 unspecified atom stereocenters. The second-order valence-corrected chi connectivity index (χ2v) is 4.13. The van der Waals surface area contributed by atoms with Gasteiger partial charge in [0.2, 0.25) is 5.13 Å². The van der Waals surface area contributed by atoms with Crippen molar-refractivity contribution in [3.8, 4) is 0 Å². The lowest BCUT2D eigenvalue weighted by atomic mass is 9.93. The summed E-state index contributed by atoms with van der Waals surface area (Å²) < 4.78 is 3.90. The highest BCUT2D eigenvalue weighted by Gasteiger charge is 2.23. The molecule has 5 heteroatoms. The number of anilines is 1. The molecule has 1 aliphatic carbocycles. The average Bonchev–Trinajstić information content (AvgIpc) is 2.61. The summed E-state index contributed by atoms with van der Waals surface area (Å²) in [6.07, 6.45) is 5.56.